The molecule has 1 aliphatic heterocycles. The molecule has 1 heterocycles. The zero-order chi connectivity index (χ0) is 22.6. The average molecular weight is 444 g/mol. The number of hydrogen-bond acceptors (Lipinski definition) is 6. The van der Waals surface area contributed by atoms with Crippen molar-refractivity contribution in [2.24, 2.45) is 0 Å². The normalized spacial score (nSPS) is 14.9. The third-order valence-corrected chi connectivity index (χ3v) is 7.07. The molecular formula is C22H25N3O5S. The monoisotopic (exact) mass is 443 g/mol. The Hall–Kier alpha value is -3.04. The van der Waals surface area contributed by atoms with E-state index >= 15 is 0 Å². The highest BCUT2D eigenvalue weighted by molar-refractivity contribution is 7.89. The molecule has 0 atom stereocenters. The summed E-state index contributed by atoms with van der Waals surface area (Å²) in [6.45, 7) is 1.60. The van der Waals surface area contributed by atoms with Crippen molar-refractivity contribution in [1.29, 1.82) is 0 Å². The SMILES string of the molecule is CN(C)S(=O)(=O)c1ccc(C(=O)C=Cc2ccc(N3CCCCC3)c([N+](=O)[O-])c2)cc1. The second-order valence-electron chi connectivity index (χ2n) is 7.56. The minimum atomic E-state index is -3.56. The molecule has 1 aliphatic rings. The molecule has 3 rings (SSSR count). The van der Waals surface area contributed by atoms with E-state index in [2.05, 4.69) is 0 Å². The number of carbonyl (C=O) groups excluding carboxylic acids is 1. The molecular weight excluding hydrogens is 418 g/mol. The van der Waals surface area contributed by atoms with E-state index in [1.165, 1.54) is 56.6 Å². The molecule has 0 amide bonds. The van der Waals surface area contributed by atoms with Crippen LogP contribution in [0.3, 0.4) is 0 Å². The second-order valence-corrected chi connectivity index (χ2v) is 9.71. The maximum absolute atomic E-state index is 12.5. The van der Waals surface area contributed by atoms with E-state index in [1.807, 2.05) is 4.90 Å². The van der Waals surface area contributed by atoms with Crippen LogP contribution in [0.2, 0.25) is 0 Å². The summed E-state index contributed by atoms with van der Waals surface area (Å²) in [5.74, 6) is -0.323. The maximum atomic E-state index is 12.5. The van der Waals surface area contributed by atoms with Crippen molar-refractivity contribution in [3.63, 3.8) is 0 Å². The minimum absolute atomic E-state index is 0.0229. The van der Waals surface area contributed by atoms with Crippen LogP contribution in [0.15, 0.2) is 53.4 Å². The van der Waals surface area contributed by atoms with Crippen LogP contribution in [-0.2, 0) is 10.0 Å². The molecule has 0 unspecified atom stereocenters. The van der Waals surface area contributed by atoms with Crippen LogP contribution in [0.4, 0.5) is 11.4 Å². The molecule has 31 heavy (non-hydrogen) atoms. The highest BCUT2D eigenvalue weighted by atomic mass is 32.2. The quantitative estimate of drug-likeness (QED) is 0.280. The van der Waals surface area contributed by atoms with E-state index in [1.54, 1.807) is 12.1 Å². The average Bonchev–Trinajstić information content (AvgIpc) is 2.77. The third kappa shape index (κ3) is 5.18. The van der Waals surface area contributed by atoms with Crippen molar-refractivity contribution in [3.8, 4) is 0 Å². The largest absolute Gasteiger partial charge is 0.366 e. The van der Waals surface area contributed by atoms with Crippen LogP contribution in [0.5, 0.6) is 0 Å². The van der Waals surface area contributed by atoms with Gasteiger partial charge < -0.3 is 4.90 Å². The summed E-state index contributed by atoms with van der Waals surface area (Å²) < 4.78 is 25.3. The Balaban J connectivity index is 1.78. The second kappa shape index (κ2) is 9.40. The zero-order valence-electron chi connectivity index (χ0n) is 17.5. The highest BCUT2D eigenvalue weighted by Gasteiger charge is 2.21. The fourth-order valence-electron chi connectivity index (χ4n) is 3.46. The van der Waals surface area contributed by atoms with Crippen LogP contribution in [0.1, 0.15) is 35.2 Å². The summed E-state index contributed by atoms with van der Waals surface area (Å²) in [5.41, 5.74) is 1.50. The Labute approximate surface area is 182 Å². The van der Waals surface area contributed by atoms with Crippen molar-refractivity contribution in [3.05, 3.63) is 69.8 Å². The molecule has 2 aromatic rings. The lowest BCUT2D eigenvalue weighted by molar-refractivity contribution is -0.384. The van der Waals surface area contributed by atoms with Crippen LogP contribution in [0, 0.1) is 10.1 Å². The molecule has 1 fully saturated rings. The van der Waals surface area contributed by atoms with E-state index in [-0.39, 0.29) is 16.4 Å². The van der Waals surface area contributed by atoms with Crippen molar-refractivity contribution in [2.45, 2.75) is 24.2 Å². The van der Waals surface area contributed by atoms with E-state index < -0.39 is 14.9 Å². The number of anilines is 1. The number of benzene rings is 2. The third-order valence-electron chi connectivity index (χ3n) is 5.24. The molecule has 0 aliphatic carbocycles. The number of hydrogen-bond donors (Lipinski definition) is 0. The van der Waals surface area contributed by atoms with E-state index in [0.29, 0.717) is 16.8 Å². The molecule has 0 spiro atoms. The van der Waals surface area contributed by atoms with Gasteiger partial charge in [0.05, 0.1) is 9.82 Å². The van der Waals surface area contributed by atoms with Gasteiger partial charge in [0, 0.05) is 38.8 Å². The first-order valence-electron chi connectivity index (χ1n) is 9.98. The smallest absolute Gasteiger partial charge is 0.293 e. The molecule has 9 heteroatoms. The number of nitro benzene ring substituents is 1. The van der Waals surface area contributed by atoms with Crippen molar-refractivity contribution in [1.82, 2.24) is 4.31 Å². The predicted octanol–water partition coefficient (Wildman–Crippen LogP) is 3.73. The summed E-state index contributed by atoms with van der Waals surface area (Å²) in [4.78, 5) is 25.8. The fraction of sp³-hybridized carbons (Fsp3) is 0.318. The topological polar surface area (TPSA) is 101 Å². The summed E-state index contributed by atoms with van der Waals surface area (Å²) in [7, 11) is -0.690. The molecule has 0 bridgehead atoms. The number of nitrogens with zero attached hydrogens (tertiary/aromatic N) is 3. The Bertz CT molecular complexity index is 1100. The number of rotatable bonds is 7. The maximum Gasteiger partial charge on any atom is 0.293 e. The summed E-state index contributed by atoms with van der Waals surface area (Å²) in [5, 5.41) is 11.6. The van der Waals surface area contributed by atoms with Gasteiger partial charge in [0.25, 0.3) is 5.69 Å². The van der Waals surface area contributed by atoms with Gasteiger partial charge >= 0.3 is 0 Å². The molecule has 0 saturated carbocycles. The van der Waals surface area contributed by atoms with Crippen LogP contribution in [-0.4, -0.2) is 50.6 Å². The molecule has 0 radical (unpaired) electrons. The number of sulfonamides is 1. The van der Waals surface area contributed by atoms with Gasteiger partial charge in [0.2, 0.25) is 10.0 Å². The Morgan fingerprint density at radius 3 is 2.29 bits per heavy atom. The van der Waals surface area contributed by atoms with Gasteiger partial charge in [-0.3, -0.25) is 14.9 Å². The number of allylic oxidation sites excluding steroid dienone is 1. The summed E-state index contributed by atoms with van der Waals surface area (Å²) >= 11 is 0. The van der Waals surface area contributed by atoms with Crippen molar-refractivity contribution < 1.29 is 18.1 Å². The zero-order valence-corrected chi connectivity index (χ0v) is 18.3. The van der Waals surface area contributed by atoms with Crippen LogP contribution in [0.25, 0.3) is 6.08 Å². The molecule has 0 N–H and O–H groups in total. The lowest BCUT2D eigenvalue weighted by Gasteiger charge is -2.28. The van der Waals surface area contributed by atoms with Crippen molar-refractivity contribution >= 4 is 33.3 Å². The van der Waals surface area contributed by atoms with Gasteiger partial charge in [-0.25, -0.2) is 12.7 Å². The van der Waals surface area contributed by atoms with Gasteiger partial charge in [-0.2, -0.15) is 0 Å². The Morgan fingerprint density at radius 2 is 1.71 bits per heavy atom. The van der Waals surface area contributed by atoms with Gasteiger partial charge in [-0.05, 0) is 61.2 Å². The highest BCUT2D eigenvalue weighted by Crippen LogP contribution is 2.31. The van der Waals surface area contributed by atoms with Gasteiger partial charge in [-0.15, -0.1) is 0 Å². The summed E-state index contributed by atoms with van der Waals surface area (Å²) in [6, 6.07) is 10.6. The van der Waals surface area contributed by atoms with E-state index in [4.69, 9.17) is 0 Å². The number of carbonyl (C=O) groups is 1. The number of ketones is 1. The lowest BCUT2D eigenvalue weighted by Crippen LogP contribution is -2.29. The van der Waals surface area contributed by atoms with Crippen LogP contribution >= 0.6 is 0 Å². The molecule has 164 valence electrons. The first-order chi connectivity index (χ1) is 14.7. The first-order valence-corrected chi connectivity index (χ1v) is 11.4. The van der Waals surface area contributed by atoms with Gasteiger partial charge in [0.15, 0.2) is 5.78 Å². The number of nitro groups is 1. The van der Waals surface area contributed by atoms with E-state index in [9.17, 15) is 23.3 Å². The van der Waals surface area contributed by atoms with E-state index in [0.717, 1.165) is 36.7 Å². The summed E-state index contributed by atoms with van der Waals surface area (Å²) in [6.07, 6.45) is 6.02. The Morgan fingerprint density at radius 1 is 1.06 bits per heavy atom. The Kier molecular flexibility index (Phi) is 6.87. The minimum Gasteiger partial charge on any atom is -0.366 e. The molecule has 8 nitrogen and oxygen atoms in total. The van der Waals surface area contributed by atoms with Gasteiger partial charge in [0.1, 0.15) is 5.69 Å². The van der Waals surface area contributed by atoms with Crippen molar-refractivity contribution in [2.75, 3.05) is 32.1 Å². The first kappa shape index (κ1) is 22.6. The number of piperidine rings is 1. The lowest BCUT2D eigenvalue weighted by atomic mass is 10.1. The fourth-order valence-corrected chi connectivity index (χ4v) is 4.36. The van der Waals surface area contributed by atoms with Crippen LogP contribution < -0.4 is 4.90 Å². The molecule has 1 saturated heterocycles. The molecule has 0 aromatic heterocycles. The predicted molar refractivity (Wildman–Crippen MR) is 120 cm³/mol. The van der Waals surface area contributed by atoms with Gasteiger partial charge in [-0.1, -0.05) is 12.1 Å². The molecule has 2 aromatic carbocycles. The standard InChI is InChI=1S/C22H25N3O5S/c1-23(2)31(29,30)19-10-8-18(9-11-19)22(26)13-7-17-6-12-20(21(16-17)25(27)28)24-14-4-3-5-15-24/h6-13,16H,3-5,14-15H2,1-2H3.